The van der Waals surface area contributed by atoms with Crippen LogP contribution in [0.5, 0.6) is 5.75 Å². The predicted octanol–water partition coefficient (Wildman–Crippen LogP) is 3.08. The van der Waals surface area contributed by atoms with Crippen molar-refractivity contribution < 1.29 is 9.53 Å². The molecule has 0 atom stereocenters. The highest BCUT2D eigenvalue weighted by Gasteiger charge is 2.13. The number of nitrogen functional groups attached to an aromatic ring is 1. The van der Waals surface area contributed by atoms with Gasteiger partial charge in [0, 0.05) is 19.2 Å². The number of nitrogens with two attached hydrogens (primary N) is 1. The second-order valence-electron chi connectivity index (χ2n) is 5.37. The number of anilines is 1. The number of carbonyl (C=O) groups is 1. The maximum atomic E-state index is 12.0. The van der Waals surface area contributed by atoms with Crippen LogP contribution in [0.2, 0.25) is 0 Å². The van der Waals surface area contributed by atoms with Crippen molar-refractivity contribution in [2.24, 2.45) is 0 Å². The number of ether oxygens (including phenoxy) is 1. The molecule has 4 heteroatoms. The van der Waals surface area contributed by atoms with Crippen molar-refractivity contribution in [3.63, 3.8) is 0 Å². The van der Waals surface area contributed by atoms with Crippen LogP contribution in [-0.2, 0) is 4.79 Å². The van der Waals surface area contributed by atoms with Crippen LogP contribution in [0.1, 0.15) is 38.2 Å². The summed E-state index contributed by atoms with van der Waals surface area (Å²) in [4.78, 5) is 14.0. The number of benzene rings is 1. The normalized spacial score (nSPS) is 15.4. The molecule has 1 aliphatic rings. The summed E-state index contributed by atoms with van der Waals surface area (Å²) in [6.45, 7) is 4.45. The molecule has 1 aromatic carbocycles. The van der Waals surface area contributed by atoms with Crippen LogP contribution in [0.3, 0.4) is 0 Å². The molecule has 1 aromatic rings. The molecule has 114 valence electrons. The third-order valence-corrected chi connectivity index (χ3v) is 3.58. The number of amides is 1. The minimum Gasteiger partial charge on any atom is -0.491 e. The number of hydrogen-bond donors (Lipinski definition) is 1. The van der Waals surface area contributed by atoms with Gasteiger partial charge in [0.15, 0.2) is 0 Å². The average molecular weight is 288 g/mol. The summed E-state index contributed by atoms with van der Waals surface area (Å²) in [5, 5.41) is 0. The molecule has 1 saturated heterocycles. The maximum absolute atomic E-state index is 12.0. The Morgan fingerprint density at radius 3 is 2.76 bits per heavy atom. The van der Waals surface area contributed by atoms with E-state index in [2.05, 4.69) is 6.92 Å². The minimum absolute atomic E-state index is 0.0829. The molecule has 0 spiro atoms. The summed E-state index contributed by atoms with van der Waals surface area (Å²) in [7, 11) is 0. The van der Waals surface area contributed by atoms with E-state index in [4.69, 9.17) is 10.5 Å². The zero-order chi connectivity index (χ0) is 15.1. The van der Waals surface area contributed by atoms with Gasteiger partial charge in [0.1, 0.15) is 5.75 Å². The van der Waals surface area contributed by atoms with E-state index in [0.717, 1.165) is 37.9 Å². The summed E-state index contributed by atoms with van der Waals surface area (Å²) in [6.07, 6.45) is 7.84. The Bertz CT molecular complexity index is 506. The van der Waals surface area contributed by atoms with Crippen molar-refractivity contribution in [2.45, 2.75) is 32.6 Å². The standard InChI is InChI=1S/C17H24N2O2/c1-2-12-21-16-8-6-14(13-15(16)18)7-9-17(20)19-10-4-3-5-11-19/h6-9,13H,2-5,10-12,18H2,1H3/b9-7-. The van der Waals surface area contributed by atoms with Gasteiger partial charge in [0.05, 0.1) is 12.3 Å². The molecule has 1 aliphatic heterocycles. The van der Waals surface area contributed by atoms with Gasteiger partial charge in [0.2, 0.25) is 5.91 Å². The lowest BCUT2D eigenvalue weighted by molar-refractivity contribution is -0.126. The number of rotatable bonds is 5. The number of carbonyl (C=O) groups excluding carboxylic acids is 1. The van der Waals surface area contributed by atoms with E-state index < -0.39 is 0 Å². The second kappa shape index (κ2) is 7.72. The Labute approximate surface area is 126 Å². The third kappa shape index (κ3) is 4.52. The molecule has 2 rings (SSSR count). The smallest absolute Gasteiger partial charge is 0.246 e. The van der Waals surface area contributed by atoms with Crippen molar-refractivity contribution >= 4 is 17.7 Å². The van der Waals surface area contributed by atoms with Gasteiger partial charge < -0.3 is 15.4 Å². The van der Waals surface area contributed by atoms with Gasteiger partial charge in [-0.2, -0.15) is 0 Å². The largest absolute Gasteiger partial charge is 0.491 e. The van der Waals surface area contributed by atoms with Gasteiger partial charge in [-0.1, -0.05) is 13.0 Å². The van der Waals surface area contributed by atoms with Gasteiger partial charge in [-0.15, -0.1) is 0 Å². The highest BCUT2D eigenvalue weighted by atomic mass is 16.5. The molecular formula is C17H24N2O2. The number of piperidine rings is 1. The summed E-state index contributed by atoms with van der Waals surface area (Å²) in [5.74, 6) is 0.788. The monoisotopic (exact) mass is 288 g/mol. The molecule has 1 amide bonds. The predicted molar refractivity (Wildman–Crippen MR) is 86.1 cm³/mol. The van der Waals surface area contributed by atoms with Gasteiger partial charge in [-0.25, -0.2) is 0 Å². The molecule has 0 saturated carbocycles. The third-order valence-electron chi connectivity index (χ3n) is 3.58. The van der Waals surface area contributed by atoms with Crippen LogP contribution < -0.4 is 10.5 Å². The summed E-state index contributed by atoms with van der Waals surface area (Å²) >= 11 is 0. The molecule has 1 fully saturated rings. The van der Waals surface area contributed by atoms with Gasteiger partial charge in [-0.3, -0.25) is 4.79 Å². The average Bonchev–Trinajstić information content (AvgIpc) is 2.52. The maximum Gasteiger partial charge on any atom is 0.246 e. The van der Waals surface area contributed by atoms with E-state index in [1.807, 2.05) is 29.2 Å². The van der Waals surface area contributed by atoms with E-state index in [-0.39, 0.29) is 5.91 Å². The van der Waals surface area contributed by atoms with Crippen LogP contribution >= 0.6 is 0 Å². The van der Waals surface area contributed by atoms with E-state index >= 15 is 0 Å². The van der Waals surface area contributed by atoms with Crippen LogP contribution in [-0.4, -0.2) is 30.5 Å². The van der Waals surface area contributed by atoms with Crippen molar-refractivity contribution in [3.05, 3.63) is 29.8 Å². The Hall–Kier alpha value is -1.97. The van der Waals surface area contributed by atoms with E-state index in [1.54, 1.807) is 6.08 Å². The lowest BCUT2D eigenvalue weighted by atomic mass is 10.1. The Morgan fingerprint density at radius 2 is 2.10 bits per heavy atom. The molecule has 0 unspecified atom stereocenters. The summed E-state index contributed by atoms with van der Waals surface area (Å²) in [5.41, 5.74) is 7.48. The zero-order valence-electron chi connectivity index (χ0n) is 12.7. The molecule has 0 aliphatic carbocycles. The second-order valence-corrected chi connectivity index (χ2v) is 5.37. The van der Waals surface area contributed by atoms with Crippen molar-refractivity contribution in [1.29, 1.82) is 0 Å². The SMILES string of the molecule is CCCOc1ccc(/C=C\C(=O)N2CCCCC2)cc1N. The first kappa shape index (κ1) is 15.4. The number of likely N-dealkylation sites (tertiary alicyclic amines) is 1. The van der Waals surface area contributed by atoms with Gasteiger partial charge in [-0.05, 0) is 49.5 Å². The van der Waals surface area contributed by atoms with Gasteiger partial charge in [0.25, 0.3) is 0 Å². The fraction of sp³-hybridized carbons (Fsp3) is 0.471. The number of nitrogens with zero attached hydrogens (tertiary/aromatic N) is 1. The minimum atomic E-state index is 0.0829. The fourth-order valence-electron chi connectivity index (χ4n) is 2.40. The van der Waals surface area contributed by atoms with Crippen LogP contribution in [0.15, 0.2) is 24.3 Å². The Balaban J connectivity index is 1.97. The topological polar surface area (TPSA) is 55.6 Å². The lowest BCUT2D eigenvalue weighted by Gasteiger charge is -2.25. The van der Waals surface area contributed by atoms with E-state index in [9.17, 15) is 4.79 Å². The zero-order valence-corrected chi connectivity index (χ0v) is 12.7. The molecule has 0 bridgehead atoms. The van der Waals surface area contributed by atoms with E-state index in [1.165, 1.54) is 6.42 Å². The van der Waals surface area contributed by atoms with Crippen LogP contribution in [0, 0.1) is 0 Å². The molecule has 1 heterocycles. The molecule has 0 radical (unpaired) electrons. The quantitative estimate of drug-likeness (QED) is 0.669. The first-order chi connectivity index (χ1) is 10.2. The van der Waals surface area contributed by atoms with Gasteiger partial charge >= 0.3 is 0 Å². The van der Waals surface area contributed by atoms with Crippen LogP contribution in [0.4, 0.5) is 5.69 Å². The molecule has 4 nitrogen and oxygen atoms in total. The summed E-state index contributed by atoms with van der Waals surface area (Å²) in [6, 6.07) is 5.61. The Kier molecular flexibility index (Phi) is 5.67. The van der Waals surface area contributed by atoms with Crippen molar-refractivity contribution in [3.8, 4) is 5.75 Å². The van der Waals surface area contributed by atoms with Crippen molar-refractivity contribution in [2.75, 3.05) is 25.4 Å². The Morgan fingerprint density at radius 1 is 1.33 bits per heavy atom. The molecule has 21 heavy (non-hydrogen) atoms. The molecular weight excluding hydrogens is 264 g/mol. The molecule has 2 N–H and O–H groups in total. The van der Waals surface area contributed by atoms with E-state index in [0.29, 0.717) is 18.0 Å². The lowest BCUT2D eigenvalue weighted by Crippen LogP contribution is -2.34. The summed E-state index contributed by atoms with van der Waals surface area (Å²) < 4.78 is 5.54. The van der Waals surface area contributed by atoms with Crippen molar-refractivity contribution in [1.82, 2.24) is 4.90 Å². The van der Waals surface area contributed by atoms with Crippen LogP contribution in [0.25, 0.3) is 6.08 Å². The first-order valence-electron chi connectivity index (χ1n) is 7.70. The fourth-order valence-corrected chi connectivity index (χ4v) is 2.40. The first-order valence-corrected chi connectivity index (χ1v) is 7.70. The highest BCUT2D eigenvalue weighted by molar-refractivity contribution is 5.92. The highest BCUT2D eigenvalue weighted by Crippen LogP contribution is 2.23. The number of hydrogen-bond acceptors (Lipinski definition) is 3. The molecule has 0 aromatic heterocycles.